The normalized spacial score (nSPS) is 17.8. The van der Waals surface area contributed by atoms with Gasteiger partial charge in [0.05, 0.1) is 29.2 Å². The summed E-state index contributed by atoms with van der Waals surface area (Å²) in [7, 11) is 1.26. The second-order valence-electron chi connectivity index (χ2n) is 4.38. The molecule has 1 aliphatic heterocycles. The smallest absolute Gasteiger partial charge is 0.337 e. The summed E-state index contributed by atoms with van der Waals surface area (Å²) in [6.07, 6.45) is 0. The van der Waals surface area contributed by atoms with Crippen molar-refractivity contribution in [1.29, 1.82) is 0 Å². The van der Waals surface area contributed by atoms with Gasteiger partial charge in [-0.05, 0) is 25.2 Å². The topological polar surface area (TPSA) is 93.5 Å². The first kappa shape index (κ1) is 14.9. The highest BCUT2D eigenvalue weighted by Gasteiger charge is 2.34. The van der Waals surface area contributed by atoms with Crippen molar-refractivity contribution in [3.05, 3.63) is 51.2 Å². The van der Waals surface area contributed by atoms with Crippen molar-refractivity contribution in [2.75, 3.05) is 7.11 Å². The first-order valence-corrected chi connectivity index (χ1v) is 6.46. The Labute approximate surface area is 126 Å². The van der Waals surface area contributed by atoms with Crippen LogP contribution in [0.5, 0.6) is 0 Å². The fourth-order valence-corrected chi connectivity index (χ4v) is 2.48. The highest BCUT2D eigenvalue weighted by atomic mass is 32.1. The molecule has 1 aromatic rings. The Morgan fingerprint density at radius 1 is 1.43 bits per heavy atom. The molecular weight excluding hydrogens is 294 g/mol. The van der Waals surface area contributed by atoms with Crippen molar-refractivity contribution in [2.45, 2.75) is 13.0 Å². The van der Waals surface area contributed by atoms with Gasteiger partial charge in [-0.25, -0.2) is 4.79 Å². The molecule has 1 heterocycles. The number of methoxy groups -OCH3 is 1. The highest BCUT2D eigenvalue weighted by molar-refractivity contribution is 7.80. The summed E-state index contributed by atoms with van der Waals surface area (Å²) in [6, 6.07) is 5.47. The lowest BCUT2D eigenvalue weighted by atomic mass is 9.94. The zero-order chi connectivity index (χ0) is 15.6. The number of esters is 1. The van der Waals surface area contributed by atoms with Crippen LogP contribution in [0.1, 0.15) is 18.5 Å². The van der Waals surface area contributed by atoms with Crippen LogP contribution >= 0.6 is 12.2 Å². The van der Waals surface area contributed by atoms with Gasteiger partial charge < -0.3 is 15.4 Å². The fourth-order valence-electron chi connectivity index (χ4n) is 2.21. The molecule has 2 N–H and O–H groups in total. The molecule has 0 unspecified atom stereocenters. The Kier molecular flexibility index (Phi) is 4.18. The summed E-state index contributed by atoms with van der Waals surface area (Å²) >= 11 is 5.07. The summed E-state index contributed by atoms with van der Waals surface area (Å²) in [4.78, 5) is 22.7. The van der Waals surface area contributed by atoms with Crippen LogP contribution in [0.25, 0.3) is 0 Å². The molecule has 1 atom stereocenters. The maximum absolute atomic E-state index is 12.0. The number of hydrogen-bond acceptors (Lipinski definition) is 5. The molecule has 0 spiro atoms. The lowest BCUT2D eigenvalue weighted by Crippen LogP contribution is -2.45. The molecule has 1 aromatic carbocycles. The van der Waals surface area contributed by atoms with Gasteiger partial charge in [0.2, 0.25) is 0 Å². The van der Waals surface area contributed by atoms with E-state index in [4.69, 9.17) is 17.0 Å². The number of rotatable bonds is 3. The molecule has 0 aromatic heterocycles. The number of nitrogens with zero attached hydrogens (tertiary/aromatic N) is 1. The van der Waals surface area contributed by atoms with Crippen molar-refractivity contribution in [3.8, 4) is 0 Å². The number of allylic oxidation sites excluding steroid dienone is 1. The van der Waals surface area contributed by atoms with Gasteiger partial charge in [0.1, 0.15) is 0 Å². The molecule has 0 radical (unpaired) electrons. The average Bonchev–Trinajstić information content (AvgIpc) is 2.45. The molecule has 8 heteroatoms. The second kappa shape index (κ2) is 5.88. The lowest BCUT2D eigenvalue weighted by Gasteiger charge is -2.29. The molecule has 0 amide bonds. The number of nitrogens with one attached hydrogen (secondary N) is 2. The Balaban J connectivity index is 2.60. The van der Waals surface area contributed by atoms with E-state index in [2.05, 4.69) is 10.6 Å². The van der Waals surface area contributed by atoms with Crippen molar-refractivity contribution in [2.24, 2.45) is 0 Å². The molecule has 110 valence electrons. The van der Waals surface area contributed by atoms with Crippen molar-refractivity contribution < 1.29 is 14.5 Å². The molecule has 2 rings (SSSR count). The molecule has 0 bridgehead atoms. The summed E-state index contributed by atoms with van der Waals surface area (Å²) in [6.45, 7) is 1.67. The minimum atomic E-state index is -0.729. The molecule has 0 fully saturated rings. The third kappa shape index (κ3) is 2.84. The number of carbonyl (C=O) groups is 1. The number of para-hydroxylation sites is 1. The number of carbonyl (C=O) groups excluding carboxylic acids is 1. The van der Waals surface area contributed by atoms with Crippen molar-refractivity contribution in [3.63, 3.8) is 0 Å². The second-order valence-corrected chi connectivity index (χ2v) is 4.79. The number of nitro groups is 1. The van der Waals surface area contributed by atoms with Crippen LogP contribution in [0.3, 0.4) is 0 Å². The number of ether oxygens (including phenoxy) is 1. The molecular formula is C13H13N3O4S. The van der Waals surface area contributed by atoms with Gasteiger partial charge in [-0.15, -0.1) is 0 Å². The predicted molar refractivity (Wildman–Crippen MR) is 79.4 cm³/mol. The van der Waals surface area contributed by atoms with E-state index in [-0.39, 0.29) is 11.3 Å². The largest absolute Gasteiger partial charge is 0.466 e. The van der Waals surface area contributed by atoms with Gasteiger partial charge in [0.15, 0.2) is 5.11 Å². The van der Waals surface area contributed by atoms with E-state index >= 15 is 0 Å². The summed E-state index contributed by atoms with van der Waals surface area (Å²) in [5, 5.41) is 17.2. The van der Waals surface area contributed by atoms with Gasteiger partial charge in [0.25, 0.3) is 5.69 Å². The van der Waals surface area contributed by atoms with E-state index in [1.807, 2.05) is 0 Å². The summed E-state index contributed by atoms with van der Waals surface area (Å²) < 4.78 is 4.76. The van der Waals surface area contributed by atoms with E-state index in [0.29, 0.717) is 16.4 Å². The summed E-state index contributed by atoms with van der Waals surface area (Å²) in [5.41, 5.74) is 1.04. The monoisotopic (exact) mass is 307 g/mol. The van der Waals surface area contributed by atoms with Gasteiger partial charge in [-0.2, -0.15) is 0 Å². The Hall–Kier alpha value is -2.48. The number of benzene rings is 1. The minimum Gasteiger partial charge on any atom is -0.466 e. The molecule has 21 heavy (non-hydrogen) atoms. The maximum Gasteiger partial charge on any atom is 0.337 e. The first-order chi connectivity index (χ1) is 9.95. The Morgan fingerprint density at radius 3 is 2.71 bits per heavy atom. The lowest BCUT2D eigenvalue weighted by molar-refractivity contribution is -0.385. The quantitative estimate of drug-likeness (QED) is 0.379. The van der Waals surface area contributed by atoms with Crippen LogP contribution in [-0.4, -0.2) is 23.1 Å². The van der Waals surface area contributed by atoms with Crippen molar-refractivity contribution >= 4 is 29.0 Å². The van der Waals surface area contributed by atoms with E-state index in [1.165, 1.54) is 13.2 Å². The predicted octanol–water partition coefficient (Wildman–Crippen LogP) is 1.56. The van der Waals surface area contributed by atoms with E-state index in [0.717, 1.165) is 0 Å². The Bertz CT molecular complexity index is 657. The van der Waals surface area contributed by atoms with Crippen molar-refractivity contribution in [1.82, 2.24) is 10.6 Å². The molecule has 1 aliphatic rings. The third-order valence-corrected chi connectivity index (χ3v) is 3.34. The molecule has 7 nitrogen and oxygen atoms in total. The third-order valence-electron chi connectivity index (χ3n) is 3.12. The van der Waals surface area contributed by atoms with Crippen LogP contribution in [0.15, 0.2) is 35.5 Å². The van der Waals surface area contributed by atoms with Crippen LogP contribution in [0.4, 0.5) is 5.69 Å². The molecule has 0 aliphatic carbocycles. The standard InChI is InChI=1S/C13H13N3O4S/c1-7-10(12(17)20-2)11(15-13(21)14-7)8-5-3-4-6-9(8)16(18)19/h3-6,11H,1-2H3,(H2,14,15,21)/t11-/m0/s1. The number of thiocarbonyl (C=S) groups is 1. The van der Waals surface area contributed by atoms with Crippen LogP contribution in [0.2, 0.25) is 0 Å². The number of nitro benzene ring substituents is 1. The van der Waals surface area contributed by atoms with E-state index < -0.39 is 16.9 Å². The first-order valence-electron chi connectivity index (χ1n) is 6.05. The average molecular weight is 307 g/mol. The van der Waals surface area contributed by atoms with Gasteiger partial charge in [-0.1, -0.05) is 12.1 Å². The number of hydrogen-bond donors (Lipinski definition) is 2. The SMILES string of the molecule is COC(=O)C1=C(C)NC(=S)N[C@H]1c1ccccc1[N+](=O)[O-]. The fraction of sp³-hybridized carbons (Fsp3) is 0.231. The summed E-state index contributed by atoms with van der Waals surface area (Å²) in [5.74, 6) is -0.571. The van der Waals surface area contributed by atoms with Gasteiger partial charge in [0, 0.05) is 11.8 Å². The highest BCUT2D eigenvalue weighted by Crippen LogP contribution is 2.33. The van der Waals surface area contributed by atoms with E-state index in [1.54, 1.807) is 25.1 Å². The zero-order valence-corrected chi connectivity index (χ0v) is 12.2. The van der Waals surface area contributed by atoms with Gasteiger partial charge >= 0.3 is 5.97 Å². The van der Waals surface area contributed by atoms with Gasteiger partial charge in [-0.3, -0.25) is 10.1 Å². The maximum atomic E-state index is 12.0. The Morgan fingerprint density at radius 2 is 2.10 bits per heavy atom. The molecule has 0 saturated carbocycles. The molecule has 0 saturated heterocycles. The van der Waals surface area contributed by atoms with Crippen LogP contribution in [0, 0.1) is 10.1 Å². The van der Waals surface area contributed by atoms with Crippen LogP contribution < -0.4 is 10.6 Å². The van der Waals surface area contributed by atoms with E-state index in [9.17, 15) is 14.9 Å². The zero-order valence-electron chi connectivity index (χ0n) is 11.4. The minimum absolute atomic E-state index is 0.0890. The van der Waals surface area contributed by atoms with Crippen LogP contribution in [-0.2, 0) is 9.53 Å².